The van der Waals surface area contributed by atoms with Gasteiger partial charge in [-0.25, -0.2) is 0 Å². The van der Waals surface area contributed by atoms with Gasteiger partial charge in [0.1, 0.15) is 13.2 Å². The summed E-state index contributed by atoms with van der Waals surface area (Å²) in [7, 11) is 0. The Bertz CT molecular complexity index is 735. The van der Waals surface area contributed by atoms with Crippen molar-refractivity contribution in [1.82, 2.24) is 5.32 Å². The van der Waals surface area contributed by atoms with E-state index in [1.165, 1.54) is 18.2 Å². The first-order valence-corrected chi connectivity index (χ1v) is 8.99. The lowest BCUT2D eigenvalue weighted by Gasteiger charge is -2.07. The molecule has 0 aliphatic rings. The summed E-state index contributed by atoms with van der Waals surface area (Å²) in [6.07, 6.45) is 1.99. The second kappa shape index (κ2) is 8.97. The molecule has 1 N–H and O–H groups in total. The van der Waals surface area contributed by atoms with Gasteiger partial charge < -0.3 is 10.1 Å². The van der Waals surface area contributed by atoms with Crippen molar-refractivity contribution in [2.75, 3.05) is 12.8 Å². The molecule has 0 saturated heterocycles. The van der Waals surface area contributed by atoms with Crippen LogP contribution >= 0.6 is 35.0 Å². The van der Waals surface area contributed by atoms with Crippen LogP contribution < -0.4 is 5.32 Å². The smallest absolute Gasteiger partial charge is 0.325 e. The molecule has 24 heavy (non-hydrogen) atoms. The number of carbonyl (C=O) groups excluding carboxylic acids is 2. The van der Waals surface area contributed by atoms with Crippen LogP contribution in [0.15, 0.2) is 47.4 Å². The predicted octanol–water partition coefficient (Wildman–Crippen LogP) is 4.19. The van der Waals surface area contributed by atoms with Gasteiger partial charge in [0.05, 0.1) is 10.0 Å². The molecule has 0 fully saturated rings. The summed E-state index contributed by atoms with van der Waals surface area (Å²) in [4.78, 5) is 24.8. The maximum atomic E-state index is 11.9. The molecule has 0 spiro atoms. The Morgan fingerprint density at radius 3 is 2.42 bits per heavy atom. The minimum atomic E-state index is -0.516. The lowest BCUT2D eigenvalue weighted by molar-refractivity contribution is -0.143. The largest absolute Gasteiger partial charge is 0.460 e. The third-order valence-electron chi connectivity index (χ3n) is 3.13. The topological polar surface area (TPSA) is 55.4 Å². The van der Waals surface area contributed by atoms with Crippen LogP contribution in [-0.4, -0.2) is 24.7 Å². The molecular weight excluding hydrogens is 369 g/mol. The predicted molar refractivity (Wildman–Crippen MR) is 96.8 cm³/mol. The third kappa shape index (κ3) is 5.44. The molecule has 2 aromatic rings. The van der Waals surface area contributed by atoms with Crippen LogP contribution in [0.1, 0.15) is 15.9 Å². The maximum Gasteiger partial charge on any atom is 0.325 e. The highest BCUT2D eigenvalue weighted by molar-refractivity contribution is 7.98. The Kier molecular flexibility index (Phi) is 6.97. The number of carbonyl (C=O) groups is 2. The molecule has 0 atom stereocenters. The molecule has 0 aliphatic heterocycles. The number of thioether (sulfide) groups is 1. The van der Waals surface area contributed by atoms with Crippen LogP contribution in [0.2, 0.25) is 10.0 Å². The number of amides is 1. The van der Waals surface area contributed by atoms with Crippen molar-refractivity contribution in [1.29, 1.82) is 0 Å². The standard InChI is InChI=1S/C17H15Cl2NO3S/c1-24-13-5-2-11(3-6-13)10-23-16(21)9-20-17(22)12-4-7-14(18)15(19)8-12/h2-8H,9-10H2,1H3,(H,20,22). The number of esters is 1. The van der Waals surface area contributed by atoms with E-state index >= 15 is 0 Å². The van der Waals surface area contributed by atoms with Gasteiger partial charge >= 0.3 is 5.97 Å². The van der Waals surface area contributed by atoms with Gasteiger partial charge in [-0.15, -0.1) is 11.8 Å². The fraction of sp³-hybridized carbons (Fsp3) is 0.176. The summed E-state index contributed by atoms with van der Waals surface area (Å²) in [6, 6.07) is 12.2. The van der Waals surface area contributed by atoms with Crippen molar-refractivity contribution in [2.45, 2.75) is 11.5 Å². The monoisotopic (exact) mass is 383 g/mol. The normalized spacial score (nSPS) is 10.3. The summed E-state index contributed by atoms with van der Waals surface area (Å²) in [5.74, 6) is -0.938. The SMILES string of the molecule is CSc1ccc(COC(=O)CNC(=O)c2ccc(Cl)c(Cl)c2)cc1. The van der Waals surface area contributed by atoms with E-state index in [0.29, 0.717) is 10.6 Å². The van der Waals surface area contributed by atoms with Gasteiger partial charge in [-0.3, -0.25) is 9.59 Å². The molecule has 0 bridgehead atoms. The molecule has 126 valence electrons. The number of rotatable bonds is 6. The quantitative estimate of drug-likeness (QED) is 0.600. The van der Waals surface area contributed by atoms with Gasteiger partial charge in [-0.05, 0) is 42.2 Å². The highest BCUT2D eigenvalue weighted by Gasteiger charge is 2.10. The molecule has 0 aromatic heterocycles. The first-order valence-electron chi connectivity index (χ1n) is 7.01. The summed E-state index contributed by atoms with van der Waals surface area (Å²) >= 11 is 13.3. The molecule has 2 aromatic carbocycles. The van der Waals surface area contributed by atoms with Crippen molar-refractivity contribution >= 4 is 46.8 Å². The van der Waals surface area contributed by atoms with Crippen LogP contribution in [0.4, 0.5) is 0 Å². The zero-order valence-electron chi connectivity index (χ0n) is 12.8. The lowest BCUT2D eigenvalue weighted by Crippen LogP contribution is -2.30. The van der Waals surface area contributed by atoms with E-state index in [1.807, 2.05) is 30.5 Å². The lowest BCUT2D eigenvalue weighted by atomic mass is 10.2. The highest BCUT2D eigenvalue weighted by Crippen LogP contribution is 2.22. The molecule has 0 radical (unpaired) electrons. The summed E-state index contributed by atoms with van der Waals surface area (Å²) in [5.41, 5.74) is 1.21. The van der Waals surface area contributed by atoms with E-state index in [9.17, 15) is 9.59 Å². The fourth-order valence-corrected chi connectivity index (χ4v) is 2.53. The van der Waals surface area contributed by atoms with E-state index < -0.39 is 11.9 Å². The number of benzene rings is 2. The molecule has 1 amide bonds. The van der Waals surface area contributed by atoms with Gasteiger partial charge in [-0.2, -0.15) is 0 Å². The minimum Gasteiger partial charge on any atom is -0.460 e. The number of ether oxygens (including phenoxy) is 1. The zero-order valence-corrected chi connectivity index (χ0v) is 15.2. The number of halogens is 2. The van der Waals surface area contributed by atoms with Gasteiger partial charge in [0.15, 0.2) is 0 Å². The van der Waals surface area contributed by atoms with E-state index in [1.54, 1.807) is 11.8 Å². The molecule has 2 rings (SSSR count). The summed E-state index contributed by atoms with van der Waals surface area (Å²) in [5, 5.41) is 3.12. The van der Waals surface area contributed by atoms with Crippen LogP contribution in [0.25, 0.3) is 0 Å². The first kappa shape index (κ1) is 18.6. The highest BCUT2D eigenvalue weighted by atomic mass is 35.5. The Hall–Kier alpha value is -1.69. The van der Waals surface area contributed by atoms with Crippen molar-refractivity contribution in [2.24, 2.45) is 0 Å². The third-order valence-corrected chi connectivity index (χ3v) is 4.62. The second-order valence-electron chi connectivity index (χ2n) is 4.82. The molecule has 0 heterocycles. The van der Waals surface area contributed by atoms with E-state index in [4.69, 9.17) is 27.9 Å². The minimum absolute atomic E-state index is 0.163. The van der Waals surface area contributed by atoms with Crippen molar-refractivity contribution in [3.8, 4) is 0 Å². The van der Waals surface area contributed by atoms with Crippen molar-refractivity contribution in [3.63, 3.8) is 0 Å². The molecule has 0 saturated carbocycles. The Balaban J connectivity index is 1.79. The van der Waals surface area contributed by atoms with Gasteiger partial charge in [0.2, 0.25) is 0 Å². The van der Waals surface area contributed by atoms with Gasteiger partial charge in [0, 0.05) is 10.5 Å². The molecular formula is C17H15Cl2NO3S. The average molecular weight is 384 g/mol. The van der Waals surface area contributed by atoms with E-state index in [2.05, 4.69) is 5.32 Å². The first-order chi connectivity index (χ1) is 11.5. The number of nitrogens with one attached hydrogen (secondary N) is 1. The van der Waals surface area contributed by atoms with E-state index in [-0.39, 0.29) is 18.2 Å². The van der Waals surface area contributed by atoms with Crippen LogP contribution in [0, 0.1) is 0 Å². The van der Waals surface area contributed by atoms with Crippen LogP contribution in [-0.2, 0) is 16.1 Å². The van der Waals surface area contributed by atoms with Crippen molar-refractivity contribution < 1.29 is 14.3 Å². The second-order valence-corrected chi connectivity index (χ2v) is 6.51. The Morgan fingerprint density at radius 2 is 1.79 bits per heavy atom. The maximum absolute atomic E-state index is 11.9. The molecule has 7 heteroatoms. The molecule has 0 aliphatic carbocycles. The van der Waals surface area contributed by atoms with Gasteiger partial charge in [-0.1, -0.05) is 35.3 Å². The average Bonchev–Trinajstić information content (AvgIpc) is 2.60. The van der Waals surface area contributed by atoms with Gasteiger partial charge in [0.25, 0.3) is 5.91 Å². The van der Waals surface area contributed by atoms with E-state index in [0.717, 1.165) is 10.5 Å². The Morgan fingerprint density at radius 1 is 1.08 bits per heavy atom. The van der Waals surface area contributed by atoms with Crippen molar-refractivity contribution in [3.05, 3.63) is 63.6 Å². The number of hydrogen-bond donors (Lipinski definition) is 1. The van der Waals surface area contributed by atoms with Crippen LogP contribution in [0.3, 0.4) is 0 Å². The summed E-state index contributed by atoms with van der Waals surface area (Å²) < 4.78 is 5.12. The number of hydrogen-bond acceptors (Lipinski definition) is 4. The molecule has 0 unspecified atom stereocenters. The fourth-order valence-electron chi connectivity index (χ4n) is 1.83. The van der Waals surface area contributed by atoms with Crippen LogP contribution in [0.5, 0.6) is 0 Å². The molecule has 4 nitrogen and oxygen atoms in total. The Labute approximate surface area is 154 Å². The summed E-state index contributed by atoms with van der Waals surface area (Å²) in [6.45, 7) is -0.0574. The zero-order chi connectivity index (χ0) is 17.5.